The third-order valence-electron chi connectivity index (χ3n) is 5.17. The molecule has 0 radical (unpaired) electrons. The Morgan fingerprint density at radius 1 is 1.36 bits per heavy atom. The fourth-order valence-corrected chi connectivity index (χ4v) is 3.73. The molecule has 1 saturated carbocycles. The van der Waals surface area contributed by atoms with Gasteiger partial charge in [0.1, 0.15) is 11.8 Å². The fourth-order valence-electron chi connectivity index (χ4n) is 3.73. The van der Waals surface area contributed by atoms with Gasteiger partial charge in [-0.05, 0) is 53.0 Å². The number of rotatable bonds is 8. The lowest BCUT2D eigenvalue weighted by atomic mass is 10.2. The molecule has 0 spiro atoms. The van der Waals surface area contributed by atoms with Crippen LogP contribution in [0.25, 0.3) is 0 Å². The molecular weight excluding hydrogens is 362 g/mol. The van der Waals surface area contributed by atoms with E-state index in [0.717, 1.165) is 12.1 Å². The highest BCUT2D eigenvalue weighted by Crippen LogP contribution is 2.40. The van der Waals surface area contributed by atoms with Crippen molar-refractivity contribution in [2.24, 2.45) is 11.8 Å². The average Bonchev–Trinajstić information content (AvgIpc) is 3.17. The third-order valence-corrected chi connectivity index (χ3v) is 5.17. The maximum Gasteiger partial charge on any atom is 0.309 e. The number of hydrogen-bond donors (Lipinski definition) is 0. The van der Waals surface area contributed by atoms with Crippen LogP contribution >= 0.6 is 0 Å². The van der Waals surface area contributed by atoms with Gasteiger partial charge in [-0.25, -0.2) is 0 Å². The van der Waals surface area contributed by atoms with Crippen LogP contribution in [0, 0.1) is 18.8 Å². The molecule has 3 atom stereocenters. The third kappa shape index (κ3) is 4.72. The lowest BCUT2D eigenvalue weighted by molar-refractivity contribution is -0.145. The van der Waals surface area contributed by atoms with E-state index in [1.165, 1.54) is 0 Å². The number of carbonyl (C=O) groups excluding carboxylic acids is 2. The number of amides is 1. The summed E-state index contributed by atoms with van der Waals surface area (Å²) in [6.45, 7) is 11.7. The lowest BCUT2D eigenvalue weighted by Gasteiger charge is -2.26. The van der Waals surface area contributed by atoms with Crippen LogP contribution in [0.5, 0.6) is 0 Å². The SMILES string of the molecule is CCOC(=O)[C@@H]1C[C@H]1CN(C[C@@H]1COC(C)(C)O1)C(=O)c1cc(C)nn1CC. The van der Waals surface area contributed by atoms with Gasteiger partial charge in [0.25, 0.3) is 5.91 Å². The van der Waals surface area contributed by atoms with Gasteiger partial charge >= 0.3 is 5.97 Å². The number of aromatic nitrogens is 2. The highest BCUT2D eigenvalue weighted by Gasteiger charge is 2.46. The zero-order valence-electron chi connectivity index (χ0n) is 17.4. The van der Waals surface area contributed by atoms with E-state index in [4.69, 9.17) is 14.2 Å². The minimum Gasteiger partial charge on any atom is -0.466 e. The smallest absolute Gasteiger partial charge is 0.309 e. The monoisotopic (exact) mass is 393 g/mol. The van der Waals surface area contributed by atoms with E-state index in [1.807, 2.05) is 33.8 Å². The van der Waals surface area contributed by atoms with E-state index >= 15 is 0 Å². The van der Waals surface area contributed by atoms with E-state index in [2.05, 4.69) is 5.10 Å². The van der Waals surface area contributed by atoms with Crippen LogP contribution in [-0.2, 0) is 25.5 Å². The normalized spacial score (nSPS) is 25.5. The fraction of sp³-hybridized carbons (Fsp3) is 0.750. The predicted octanol–water partition coefficient (Wildman–Crippen LogP) is 2.00. The van der Waals surface area contributed by atoms with Gasteiger partial charge in [0, 0.05) is 19.6 Å². The molecule has 8 nitrogen and oxygen atoms in total. The molecule has 1 aliphatic heterocycles. The Labute approximate surface area is 166 Å². The summed E-state index contributed by atoms with van der Waals surface area (Å²) in [4.78, 5) is 27.1. The molecule has 1 saturated heterocycles. The second-order valence-electron chi connectivity index (χ2n) is 8.00. The molecule has 28 heavy (non-hydrogen) atoms. The number of hydrogen-bond acceptors (Lipinski definition) is 6. The molecule has 2 fully saturated rings. The van der Waals surface area contributed by atoms with E-state index in [-0.39, 0.29) is 29.8 Å². The summed E-state index contributed by atoms with van der Waals surface area (Å²) in [5.41, 5.74) is 1.37. The molecule has 0 N–H and O–H groups in total. The van der Waals surface area contributed by atoms with Crippen LogP contribution in [0.3, 0.4) is 0 Å². The van der Waals surface area contributed by atoms with Gasteiger partial charge in [-0.1, -0.05) is 0 Å². The van der Waals surface area contributed by atoms with Crippen LogP contribution in [-0.4, -0.2) is 64.8 Å². The first-order valence-electron chi connectivity index (χ1n) is 10.1. The Kier molecular flexibility index (Phi) is 6.09. The summed E-state index contributed by atoms with van der Waals surface area (Å²) in [7, 11) is 0. The number of esters is 1. The van der Waals surface area contributed by atoms with Crippen LogP contribution in [0.4, 0.5) is 0 Å². The number of nitrogens with zero attached hydrogens (tertiary/aromatic N) is 3. The molecule has 2 aliphatic rings. The Morgan fingerprint density at radius 3 is 2.71 bits per heavy atom. The van der Waals surface area contributed by atoms with Crippen LogP contribution in [0.15, 0.2) is 6.07 Å². The van der Waals surface area contributed by atoms with Gasteiger partial charge in [-0.3, -0.25) is 14.3 Å². The standard InChI is InChI=1S/C20H31N3O5/c1-6-23-17(8-13(3)21-23)18(24)22(11-15-12-27-20(4,5)28-15)10-14-9-16(14)19(25)26-7-2/h8,14-16H,6-7,9-12H2,1-5H3/t14-,15+,16+/m0/s1. The van der Waals surface area contributed by atoms with Crippen molar-refractivity contribution in [3.05, 3.63) is 17.5 Å². The van der Waals surface area contributed by atoms with Crippen molar-refractivity contribution < 1.29 is 23.8 Å². The van der Waals surface area contributed by atoms with Crippen LogP contribution in [0.1, 0.15) is 50.3 Å². The van der Waals surface area contributed by atoms with Crippen molar-refractivity contribution >= 4 is 11.9 Å². The van der Waals surface area contributed by atoms with E-state index in [0.29, 0.717) is 38.5 Å². The summed E-state index contributed by atoms with van der Waals surface area (Å²) in [6.07, 6.45) is 0.556. The van der Waals surface area contributed by atoms with Gasteiger partial charge in [-0.2, -0.15) is 5.10 Å². The van der Waals surface area contributed by atoms with Gasteiger partial charge in [0.2, 0.25) is 0 Å². The van der Waals surface area contributed by atoms with Gasteiger partial charge < -0.3 is 19.1 Å². The molecule has 0 aromatic carbocycles. The molecular formula is C20H31N3O5. The Bertz CT molecular complexity index is 729. The highest BCUT2D eigenvalue weighted by atomic mass is 16.7. The minimum atomic E-state index is -0.645. The molecule has 3 rings (SSSR count). The first kappa shape index (κ1) is 20.8. The number of aryl methyl sites for hydroxylation is 2. The molecule has 1 amide bonds. The minimum absolute atomic E-state index is 0.0923. The second-order valence-corrected chi connectivity index (χ2v) is 8.00. The van der Waals surface area contributed by atoms with Gasteiger partial charge in [-0.15, -0.1) is 0 Å². The van der Waals surface area contributed by atoms with Crippen molar-refractivity contribution in [3.63, 3.8) is 0 Å². The van der Waals surface area contributed by atoms with Gasteiger partial charge in [0.15, 0.2) is 5.79 Å². The van der Waals surface area contributed by atoms with Crippen LogP contribution in [0.2, 0.25) is 0 Å². The summed E-state index contributed by atoms with van der Waals surface area (Å²) in [5, 5.41) is 4.39. The molecule has 1 aromatic heterocycles. The van der Waals surface area contributed by atoms with Crippen molar-refractivity contribution in [1.29, 1.82) is 0 Å². The second kappa shape index (κ2) is 8.21. The number of carbonyl (C=O) groups is 2. The van der Waals surface area contributed by atoms with Crippen molar-refractivity contribution in [1.82, 2.24) is 14.7 Å². The first-order valence-corrected chi connectivity index (χ1v) is 10.1. The average molecular weight is 393 g/mol. The van der Waals surface area contributed by atoms with E-state index in [9.17, 15) is 9.59 Å². The first-order chi connectivity index (χ1) is 13.2. The molecule has 8 heteroatoms. The molecule has 2 heterocycles. The Balaban J connectivity index is 1.73. The zero-order chi connectivity index (χ0) is 20.5. The maximum atomic E-state index is 13.3. The molecule has 156 valence electrons. The largest absolute Gasteiger partial charge is 0.466 e. The summed E-state index contributed by atoms with van der Waals surface area (Å²) >= 11 is 0. The number of ether oxygens (including phenoxy) is 3. The van der Waals surface area contributed by atoms with Crippen LogP contribution < -0.4 is 0 Å². The molecule has 0 unspecified atom stereocenters. The topological polar surface area (TPSA) is 82.9 Å². The van der Waals surface area contributed by atoms with E-state index < -0.39 is 5.79 Å². The predicted molar refractivity (Wildman–Crippen MR) is 102 cm³/mol. The highest BCUT2D eigenvalue weighted by molar-refractivity contribution is 5.93. The molecule has 1 aromatic rings. The van der Waals surface area contributed by atoms with Crippen molar-refractivity contribution in [2.45, 2.75) is 59.5 Å². The zero-order valence-corrected chi connectivity index (χ0v) is 17.4. The maximum absolute atomic E-state index is 13.3. The van der Waals surface area contributed by atoms with Gasteiger partial charge in [0.05, 0.1) is 24.8 Å². The van der Waals surface area contributed by atoms with Crippen molar-refractivity contribution in [2.75, 3.05) is 26.3 Å². The lowest BCUT2D eigenvalue weighted by Crippen LogP contribution is -2.41. The summed E-state index contributed by atoms with van der Waals surface area (Å²) in [5.74, 6) is -0.905. The summed E-state index contributed by atoms with van der Waals surface area (Å²) < 4.78 is 18.4. The van der Waals surface area contributed by atoms with E-state index in [1.54, 1.807) is 16.5 Å². The summed E-state index contributed by atoms with van der Waals surface area (Å²) in [6, 6.07) is 1.81. The molecule has 1 aliphatic carbocycles. The quantitative estimate of drug-likeness (QED) is 0.628. The molecule has 0 bridgehead atoms. The Hall–Kier alpha value is -1.93. The Morgan fingerprint density at radius 2 is 2.11 bits per heavy atom. The van der Waals surface area contributed by atoms with Crippen molar-refractivity contribution in [3.8, 4) is 0 Å².